The molecule has 0 spiro atoms. The number of benzene rings is 2. The fraction of sp³-hybridized carbons (Fsp3) is 0.0476. The molecule has 2 heterocycles. The molecule has 5 nitrogen and oxygen atoms in total. The lowest BCUT2D eigenvalue weighted by atomic mass is 10.2. The van der Waals surface area contributed by atoms with Crippen LogP contribution in [-0.4, -0.2) is 25.5 Å². The summed E-state index contributed by atoms with van der Waals surface area (Å²) in [7, 11) is 0. The number of ketones is 1. The molecule has 4 aromatic rings. The lowest BCUT2D eigenvalue weighted by molar-refractivity contribution is 0.100. The van der Waals surface area contributed by atoms with Gasteiger partial charge in [0.15, 0.2) is 11.6 Å². The van der Waals surface area contributed by atoms with E-state index in [1.807, 2.05) is 30.5 Å². The van der Waals surface area contributed by atoms with Gasteiger partial charge >= 0.3 is 0 Å². The Morgan fingerprint density at radius 2 is 1.83 bits per heavy atom. The topological polar surface area (TPSA) is 60.7 Å². The van der Waals surface area contributed by atoms with E-state index < -0.39 is 0 Å². The van der Waals surface area contributed by atoms with E-state index in [9.17, 15) is 9.18 Å². The van der Waals surface area contributed by atoms with Crippen molar-refractivity contribution in [3.8, 4) is 16.9 Å². The number of halogens is 2. The molecule has 0 bridgehead atoms. The van der Waals surface area contributed by atoms with Crippen molar-refractivity contribution in [1.82, 2.24) is 19.7 Å². The second-order valence-corrected chi connectivity index (χ2v) is 7.73. The molecule has 0 N–H and O–H groups in total. The van der Waals surface area contributed by atoms with E-state index in [0.29, 0.717) is 22.0 Å². The number of hydrogen-bond acceptors (Lipinski definition) is 5. The zero-order valence-electron chi connectivity index (χ0n) is 15.2. The summed E-state index contributed by atoms with van der Waals surface area (Å²) in [6.45, 7) is 1.41. The van der Waals surface area contributed by atoms with Crippen molar-refractivity contribution >= 4 is 29.1 Å². The van der Waals surface area contributed by atoms with E-state index in [0.717, 1.165) is 9.79 Å². The van der Waals surface area contributed by atoms with Crippen LogP contribution in [-0.2, 0) is 0 Å². The van der Waals surface area contributed by atoms with Crippen molar-refractivity contribution in [3.63, 3.8) is 0 Å². The third-order valence-corrected chi connectivity index (χ3v) is 5.31. The minimum atomic E-state index is -0.347. The maximum absolute atomic E-state index is 13.7. The SMILES string of the molecule is CC(=O)c1ncc(-c2nn(-c3cccc(F)c3)cc2Sc2ccc(Cl)cc2)cn1. The zero-order chi connectivity index (χ0) is 20.4. The van der Waals surface area contributed by atoms with Crippen molar-refractivity contribution in [1.29, 1.82) is 0 Å². The third-order valence-electron chi connectivity index (χ3n) is 4.04. The Morgan fingerprint density at radius 1 is 1.10 bits per heavy atom. The Hall–Kier alpha value is -3.03. The van der Waals surface area contributed by atoms with Gasteiger partial charge in [-0.15, -0.1) is 0 Å². The van der Waals surface area contributed by atoms with Crippen molar-refractivity contribution in [3.05, 3.63) is 83.8 Å². The van der Waals surface area contributed by atoms with Crippen molar-refractivity contribution in [2.45, 2.75) is 16.7 Å². The summed E-state index contributed by atoms with van der Waals surface area (Å²) in [5.74, 6) is -0.414. The van der Waals surface area contributed by atoms with Gasteiger partial charge in [-0.2, -0.15) is 5.10 Å². The fourth-order valence-corrected chi connectivity index (χ4v) is 3.71. The number of Topliss-reactive ketones (excluding diaryl/α,β-unsaturated/α-hetero) is 1. The molecule has 0 radical (unpaired) electrons. The van der Waals surface area contributed by atoms with Gasteiger partial charge in [0, 0.05) is 41.0 Å². The molecule has 0 atom stereocenters. The van der Waals surface area contributed by atoms with E-state index in [-0.39, 0.29) is 17.4 Å². The first-order valence-electron chi connectivity index (χ1n) is 8.62. The van der Waals surface area contributed by atoms with Gasteiger partial charge in [0.25, 0.3) is 0 Å². The fourth-order valence-electron chi connectivity index (χ4n) is 2.65. The Bertz CT molecular complexity index is 1180. The summed E-state index contributed by atoms with van der Waals surface area (Å²) in [5.41, 5.74) is 1.88. The number of nitrogens with zero attached hydrogens (tertiary/aromatic N) is 4. The molecule has 0 saturated heterocycles. The summed E-state index contributed by atoms with van der Waals surface area (Å²) in [4.78, 5) is 21.5. The largest absolute Gasteiger partial charge is 0.291 e. The maximum atomic E-state index is 13.7. The Morgan fingerprint density at radius 3 is 2.48 bits per heavy atom. The maximum Gasteiger partial charge on any atom is 0.196 e. The molecule has 2 aromatic heterocycles. The van der Waals surface area contributed by atoms with E-state index in [2.05, 4.69) is 15.1 Å². The molecule has 8 heteroatoms. The lowest BCUT2D eigenvalue weighted by Gasteiger charge is -2.03. The number of carbonyl (C=O) groups is 1. The van der Waals surface area contributed by atoms with Crippen LogP contribution >= 0.6 is 23.4 Å². The van der Waals surface area contributed by atoms with Crippen molar-refractivity contribution < 1.29 is 9.18 Å². The first kappa shape index (κ1) is 19.3. The molecule has 0 amide bonds. The minimum absolute atomic E-state index is 0.144. The van der Waals surface area contributed by atoms with Crippen molar-refractivity contribution in [2.75, 3.05) is 0 Å². The lowest BCUT2D eigenvalue weighted by Crippen LogP contribution is -2.00. The summed E-state index contributed by atoms with van der Waals surface area (Å²) in [6.07, 6.45) is 4.95. The Kier molecular flexibility index (Phi) is 5.42. The van der Waals surface area contributed by atoms with Gasteiger partial charge in [-0.25, -0.2) is 19.0 Å². The quantitative estimate of drug-likeness (QED) is 0.397. The average Bonchev–Trinajstić information content (AvgIpc) is 3.13. The first-order chi connectivity index (χ1) is 14.0. The third kappa shape index (κ3) is 4.36. The highest BCUT2D eigenvalue weighted by atomic mass is 35.5. The summed E-state index contributed by atoms with van der Waals surface area (Å²) >= 11 is 7.47. The standard InChI is InChI=1S/C21H14ClFN4OS/c1-13(28)21-24-10-14(11-25-21)20-19(29-18-7-5-15(22)6-8-18)12-27(26-20)17-4-2-3-16(23)9-17/h2-12H,1H3. The summed E-state index contributed by atoms with van der Waals surface area (Å²) in [6, 6.07) is 13.6. The summed E-state index contributed by atoms with van der Waals surface area (Å²) < 4.78 is 15.3. The van der Waals surface area contributed by atoms with Crippen LogP contribution < -0.4 is 0 Å². The smallest absolute Gasteiger partial charge is 0.196 e. The summed E-state index contributed by atoms with van der Waals surface area (Å²) in [5, 5.41) is 5.27. The van der Waals surface area contributed by atoms with Crippen LogP contribution in [0.15, 0.2) is 76.9 Å². The zero-order valence-corrected chi connectivity index (χ0v) is 16.8. The van der Waals surface area contributed by atoms with Gasteiger partial charge in [0.05, 0.1) is 10.6 Å². The molecule has 0 aliphatic carbocycles. The van der Waals surface area contributed by atoms with Gasteiger partial charge in [-0.3, -0.25) is 4.79 Å². The minimum Gasteiger partial charge on any atom is -0.291 e. The Labute approximate surface area is 175 Å². The average molecular weight is 425 g/mol. The van der Waals surface area contributed by atoms with Gasteiger partial charge in [-0.05, 0) is 42.5 Å². The monoisotopic (exact) mass is 424 g/mol. The van der Waals surface area contributed by atoms with Crippen LogP contribution in [0.5, 0.6) is 0 Å². The molecule has 0 aliphatic rings. The van der Waals surface area contributed by atoms with Crippen LogP contribution in [0.3, 0.4) is 0 Å². The van der Waals surface area contributed by atoms with Crippen LogP contribution in [0.1, 0.15) is 17.5 Å². The molecule has 2 aromatic carbocycles. The molecular weight excluding hydrogens is 411 g/mol. The second kappa shape index (κ2) is 8.14. The van der Waals surface area contributed by atoms with E-state index >= 15 is 0 Å². The first-order valence-corrected chi connectivity index (χ1v) is 9.81. The highest BCUT2D eigenvalue weighted by Gasteiger charge is 2.16. The van der Waals surface area contributed by atoms with E-state index in [1.54, 1.807) is 29.2 Å². The van der Waals surface area contributed by atoms with Gasteiger partial charge < -0.3 is 0 Å². The highest BCUT2D eigenvalue weighted by Crippen LogP contribution is 2.36. The number of carbonyl (C=O) groups excluding carboxylic acids is 1. The number of aromatic nitrogens is 4. The molecule has 144 valence electrons. The number of hydrogen-bond donors (Lipinski definition) is 0. The molecule has 4 rings (SSSR count). The van der Waals surface area contributed by atoms with Gasteiger partial charge in [-0.1, -0.05) is 29.4 Å². The molecule has 0 saturated carbocycles. The van der Waals surface area contributed by atoms with Crippen LogP contribution in [0.25, 0.3) is 16.9 Å². The number of rotatable bonds is 5. The van der Waals surface area contributed by atoms with Crippen LogP contribution in [0, 0.1) is 5.82 Å². The van der Waals surface area contributed by atoms with E-state index in [1.165, 1.54) is 30.8 Å². The van der Waals surface area contributed by atoms with Crippen molar-refractivity contribution in [2.24, 2.45) is 0 Å². The molecule has 0 fully saturated rings. The molecule has 0 aliphatic heterocycles. The Balaban J connectivity index is 1.78. The van der Waals surface area contributed by atoms with Crippen LogP contribution in [0.4, 0.5) is 4.39 Å². The predicted octanol–water partition coefficient (Wildman–Crippen LogP) is 5.48. The van der Waals surface area contributed by atoms with Gasteiger partial charge in [0.1, 0.15) is 11.5 Å². The van der Waals surface area contributed by atoms with Crippen LogP contribution in [0.2, 0.25) is 5.02 Å². The normalized spacial score (nSPS) is 10.9. The van der Waals surface area contributed by atoms with Gasteiger partial charge in [0.2, 0.25) is 0 Å². The molecule has 29 heavy (non-hydrogen) atoms. The second-order valence-electron chi connectivity index (χ2n) is 6.17. The van der Waals surface area contributed by atoms with E-state index in [4.69, 9.17) is 11.6 Å². The molecular formula is C21H14ClFN4OS. The highest BCUT2D eigenvalue weighted by molar-refractivity contribution is 7.99. The molecule has 0 unspecified atom stereocenters. The predicted molar refractivity (Wildman–Crippen MR) is 110 cm³/mol.